The standard InChI is InChI=1S/C24H18ClNO/c1-27-20-14-12-17(13-15-20)21-16-22(18-8-4-2-5-9-18)26-24(23(21)25)19-10-6-3-7-11-19/h2-16H,1H3. The lowest BCUT2D eigenvalue weighted by molar-refractivity contribution is 0.415. The van der Waals surface area contributed by atoms with Crippen molar-refractivity contribution in [2.45, 2.75) is 0 Å². The molecule has 0 aliphatic heterocycles. The molecule has 4 aromatic rings. The van der Waals surface area contributed by atoms with Crippen molar-refractivity contribution in [3.05, 3.63) is 96.0 Å². The van der Waals surface area contributed by atoms with Gasteiger partial charge in [0.05, 0.1) is 23.5 Å². The first-order valence-electron chi connectivity index (χ1n) is 8.72. The molecule has 1 heterocycles. The highest BCUT2D eigenvalue weighted by molar-refractivity contribution is 6.36. The lowest BCUT2D eigenvalue weighted by atomic mass is 9.99. The summed E-state index contributed by atoms with van der Waals surface area (Å²) in [6.45, 7) is 0. The van der Waals surface area contributed by atoms with E-state index in [4.69, 9.17) is 21.3 Å². The van der Waals surface area contributed by atoms with E-state index < -0.39 is 0 Å². The van der Waals surface area contributed by atoms with Gasteiger partial charge in [-0.05, 0) is 23.8 Å². The fourth-order valence-electron chi connectivity index (χ4n) is 3.05. The van der Waals surface area contributed by atoms with Gasteiger partial charge in [-0.15, -0.1) is 0 Å². The van der Waals surface area contributed by atoms with E-state index in [1.807, 2.05) is 78.9 Å². The van der Waals surface area contributed by atoms with Gasteiger partial charge in [-0.2, -0.15) is 0 Å². The van der Waals surface area contributed by atoms with Crippen LogP contribution in [0.4, 0.5) is 0 Å². The van der Waals surface area contributed by atoms with Crippen LogP contribution in [0.15, 0.2) is 91.0 Å². The van der Waals surface area contributed by atoms with Crippen LogP contribution in [0.25, 0.3) is 33.6 Å². The van der Waals surface area contributed by atoms with Crippen molar-refractivity contribution >= 4 is 11.6 Å². The Labute approximate surface area is 164 Å². The van der Waals surface area contributed by atoms with E-state index in [9.17, 15) is 0 Å². The Bertz CT molecular complexity index is 1040. The Balaban J connectivity index is 1.94. The van der Waals surface area contributed by atoms with Gasteiger partial charge in [0.15, 0.2) is 0 Å². The number of nitrogens with zero attached hydrogens (tertiary/aromatic N) is 1. The first kappa shape index (κ1) is 17.3. The molecule has 0 aliphatic carbocycles. The molecule has 0 spiro atoms. The van der Waals surface area contributed by atoms with E-state index in [1.54, 1.807) is 7.11 Å². The maximum absolute atomic E-state index is 6.82. The van der Waals surface area contributed by atoms with Gasteiger partial charge >= 0.3 is 0 Å². The first-order chi connectivity index (χ1) is 13.3. The number of methoxy groups -OCH3 is 1. The van der Waals surface area contributed by atoms with Crippen LogP contribution in [0.2, 0.25) is 5.02 Å². The number of benzene rings is 3. The molecule has 4 rings (SSSR count). The predicted octanol–water partition coefficient (Wildman–Crippen LogP) is 6.74. The molecule has 2 nitrogen and oxygen atoms in total. The van der Waals surface area contributed by atoms with Crippen LogP contribution in [-0.2, 0) is 0 Å². The van der Waals surface area contributed by atoms with Crippen LogP contribution in [0.1, 0.15) is 0 Å². The molecule has 3 aromatic carbocycles. The Morgan fingerprint density at radius 3 is 1.89 bits per heavy atom. The molecule has 0 N–H and O–H groups in total. The van der Waals surface area contributed by atoms with Crippen molar-refractivity contribution in [3.8, 4) is 39.4 Å². The fourth-order valence-corrected chi connectivity index (χ4v) is 3.37. The van der Waals surface area contributed by atoms with Crippen molar-refractivity contribution < 1.29 is 4.74 Å². The molecule has 0 fully saturated rings. The molecule has 0 saturated heterocycles. The molecule has 0 amide bonds. The van der Waals surface area contributed by atoms with Crippen LogP contribution in [-0.4, -0.2) is 12.1 Å². The summed E-state index contributed by atoms with van der Waals surface area (Å²) in [6, 6.07) is 30.1. The molecule has 27 heavy (non-hydrogen) atoms. The Hall–Kier alpha value is -3.10. The quantitative estimate of drug-likeness (QED) is 0.396. The molecule has 0 aliphatic rings. The maximum atomic E-state index is 6.82. The zero-order chi connectivity index (χ0) is 18.6. The summed E-state index contributed by atoms with van der Waals surface area (Å²) < 4.78 is 5.28. The van der Waals surface area contributed by atoms with Crippen LogP contribution < -0.4 is 4.74 Å². The highest BCUT2D eigenvalue weighted by Crippen LogP contribution is 2.38. The Kier molecular flexibility index (Phi) is 4.91. The number of halogens is 1. The molecular weight excluding hydrogens is 354 g/mol. The monoisotopic (exact) mass is 371 g/mol. The average Bonchev–Trinajstić information content (AvgIpc) is 2.75. The molecule has 3 heteroatoms. The fraction of sp³-hybridized carbons (Fsp3) is 0.0417. The number of ether oxygens (including phenoxy) is 1. The van der Waals surface area contributed by atoms with Crippen molar-refractivity contribution in [3.63, 3.8) is 0 Å². The van der Waals surface area contributed by atoms with E-state index in [2.05, 4.69) is 12.1 Å². The van der Waals surface area contributed by atoms with Gasteiger partial charge in [-0.1, -0.05) is 84.4 Å². The number of hydrogen-bond donors (Lipinski definition) is 0. The van der Waals surface area contributed by atoms with Crippen LogP contribution in [0, 0.1) is 0 Å². The highest BCUT2D eigenvalue weighted by atomic mass is 35.5. The molecule has 0 bridgehead atoms. The number of hydrogen-bond acceptors (Lipinski definition) is 2. The number of aromatic nitrogens is 1. The molecule has 1 aromatic heterocycles. The second kappa shape index (κ2) is 7.65. The van der Waals surface area contributed by atoms with E-state index in [0.29, 0.717) is 5.02 Å². The zero-order valence-corrected chi connectivity index (χ0v) is 15.6. The minimum Gasteiger partial charge on any atom is -0.497 e. The lowest BCUT2D eigenvalue weighted by Gasteiger charge is -2.13. The second-order valence-electron chi connectivity index (χ2n) is 6.18. The van der Waals surface area contributed by atoms with Crippen LogP contribution in [0.5, 0.6) is 5.75 Å². The molecule has 0 atom stereocenters. The minimum atomic E-state index is 0.644. The van der Waals surface area contributed by atoms with E-state index in [1.165, 1.54) is 0 Å². The molecule has 0 unspecified atom stereocenters. The van der Waals surface area contributed by atoms with Gasteiger partial charge in [-0.3, -0.25) is 0 Å². The third-order valence-electron chi connectivity index (χ3n) is 4.48. The van der Waals surface area contributed by atoms with Crippen LogP contribution in [0.3, 0.4) is 0 Å². The van der Waals surface area contributed by atoms with Gasteiger partial charge < -0.3 is 4.74 Å². The summed E-state index contributed by atoms with van der Waals surface area (Å²) in [6.07, 6.45) is 0. The summed E-state index contributed by atoms with van der Waals surface area (Å²) in [5, 5.41) is 0.644. The minimum absolute atomic E-state index is 0.644. The largest absolute Gasteiger partial charge is 0.497 e. The molecule has 0 radical (unpaired) electrons. The molecule has 0 saturated carbocycles. The third kappa shape index (κ3) is 3.57. The summed E-state index contributed by atoms with van der Waals surface area (Å²) in [5.41, 5.74) is 5.70. The van der Waals surface area contributed by atoms with Crippen LogP contribution >= 0.6 is 11.6 Å². The van der Waals surface area contributed by atoms with Gasteiger partial charge in [0.2, 0.25) is 0 Å². The Morgan fingerprint density at radius 2 is 1.30 bits per heavy atom. The van der Waals surface area contributed by atoms with E-state index in [0.717, 1.165) is 39.4 Å². The Morgan fingerprint density at radius 1 is 0.704 bits per heavy atom. The molecular formula is C24H18ClNO. The summed E-state index contributed by atoms with van der Waals surface area (Å²) >= 11 is 6.82. The number of pyridine rings is 1. The average molecular weight is 372 g/mol. The second-order valence-corrected chi connectivity index (χ2v) is 6.56. The zero-order valence-electron chi connectivity index (χ0n) is 14.9. The van der Waals surface area contributed by atoms with Crippen molar-refractivity contribution in [2.75, 3.05) is 7.11 Å². The summed E-state index contributed by atoms with van der Waals surface area (Å²) in [7, 11) is 1.66. The molecule has 132 valence electrons. The normalized spacial score (nSPS) is 10.6. The SMILES string of the molecule is COc1ccc(-c2cc(-c3ccccc3)nc(-c3ccccc3)c2Cl)cc1. The summed E-state index contributed by atoms with van der Waals surface area (Å²) in [4.78, 5) is 4.88. The predicted molar refractivity (Wildman–Crippen MR) is 112 cm³/mol. The lowest BCUT2D eigenvalue weighted by Crippen LogP contribution is -1.93. The van der Waals surface area contributed by atoms with Gasteiger partial charge in [0.25, 0.3) is 0 Å². The van der Waals surface area contributed by atoms with Crippen molar-refractivity contribution in [2.24, 2.45) is 0 Å². The highest BCUT2D eigenvalue weighted by Gasteiger charge is 2.15. The summed E-state index contributed by atoms with van der Waals surface area (Å²) in [5.74, 6) is 0.815. The third-order valence-corrected chi connectivity index (χ3v) is 4.86. The maximum Gasteiger partial charge on any atom is 0.118 e. The van der Waals surface area contributed by atoms with Crippen molar-refractivity contribution in [1.29, 1.82) is 0 Å². The van der Waals surface area contributed by atoms with Crippen molar-refractivity contribution in [1.82, 2.24) is 4.98 Å². The topological polar surface area (TPSA) is 22.1 Å². The van der Waals surface area contributed by atoms with E-state index >= 15 is 0 Å². The number of rotatable bonds is 4. The van der Waals surface area contributed by atoms with Gasteiger partial charge in [-0.25, -0.2) is 4.98 Å². The smallest absolute Gasteiger partial charge is 0.118 e. The van der Waals surface area contributed by atoms with E-state index in [-0.39, 0.29) is 0 Å². The first-order valence-corrected chi connectivity index (χ1v) is 9.10. The van der Waals surface area contributed by atoms with Gasteiger partial charge in [0, 0.05) is 16.7 Å². The van der Waals surface area contributed by atoms with Gasteiger partial charge in [0.1, 0.15) is 5.75 Å².